The van der Waals surface area contributed by atoms with Crippen molar-refractivity contribution in [2.75, 3.05) is 29.3 Å². The lowest BCUT2D eigenvalue weighted by molar-refractivity contribution is -0.132. The monoisotopic (exact) mass is 726 g/mol. The summed E-state index contributed by atoms with van der Waals surface area (Å²) in [7, 11) is 0. The normalized spacial score (nSPS) is 17.2. The summed E-state index contributed by atoms with van der Waals surface area (Å²) in [5, 5.41) is 2.97. The molecule has 1 aliphatic rings. The third kappa shape index (κ3) is 8.50. The summed E-state index contributed by atoms with van der Waals surface area (Å²) in [6.45, 7) is 1.86. The number of carbonyl (C=O) groups excluding carboxylic acids is 1. The molecule has 3 heterocycles. The second kappa shape index (κ2) is 15.0. The number of anilines is 2. The number of rotatable bonds is 10. The first-order valence-corrected chi connectivity index (χ1v) is 16.2. The second-order valence-electron chi connectivity index (χ2n) is 11.7. The van der Waals surface area contributed by atoms with E-state index in [1.54, 1.807) is 38.1 Å². The predicted molar refractivity (Wildman–Crippen MR) is 169 cm³/mol. The minimum atomic E-state index is -4.80. The average Bonchev–Trinajstić information content (AvgIpc) is 3.03. The molecule has 4 aromatic rings. The standard InChI is InChI=1S/C31H31F6N7O5S/c1-17(2)44-27-24(40-25(28(44)45)19-10-22(33)26(23(34)11-19)43(50(47)48)9-8-31(35,36)37)13-38-29(41-27)39-21-12-20(32)14-42(15-21)30(46)49-16-18-6-4-3-5-7-18/h3-7,10-11,13,17,20-21H,8-9,12,14-16H2,1-2H3,(H,47,48)(H,38,39,41)/p-1/t20-,21-/m0/s1. The van der Waals surface area contributed by atoms with E-state index in [9.17, 15) is 35.9 Å². The third-order valence-electron chi connectivity index (χ3n) is 7.66. The minimum absolute atomic E-state index is 0.00557. The maximum atomic E-state index is 15.2. The van der Waals surface area contributed by atoms with Gasteiger partial charge in [0.2, 0.25) is 5.95 Å². The van der Waals surface area contributed by atoms with Gasteiger partial charge in [0.05, 0.1) is 19.2 Å². The molecule has 0 bridgehead atoms. The zero-order chi connectivity index (χ0) is 36.3. The van der Waals surface area contributed by atoms with Crippen LogP contribution in [0.4, 0.5) is 42.8 Å². The fourth-order valence-corrected chi connectivity index (χ4v) is 6.02. The van der Waals surface area contributed by atoms with Crippen LogP contribution in [0.1, 0.15) is 38.3 Å². The Kier molecular flexibility index (Phi) is 10.9. The molecule has 0 spiro atoms. The molecule has 1 saturated heterocycles. The Morgan fingerprint density at radius 3 is 2.44 bits per heavy atom. The fourth-order valence-electron chi connectivity index (χ4n) is 5.45. The number of carbonyl (C=O) groups is 1. The van der Waals surface area contributed by atoms with Crippen LogP contribution in [0.3, 0.4) is 0 Å². The highest BCUT2D eigenvalue weighted by Crippen LogP contribution is 2.31. The summed E-state index contributed by atoms with van der Waals surface area (Å²) in [6.07, 6.45) is -7.33. The number of halogens is 6. The van der Waals surface area contributed by atoms with Gasteiger partial charge in [0.15, 0.2) is 17.3 Å². The van der Waals surface area contributed by atoms with E-state index in [2.05, 4.69) is 20.3 Å². The Morgan fingerprint density at radius 2 is 1.82 bits per heavy atom. The SMILES string of the molecule is CC(C)n1c(=O)c(-c2cc(F)c(N(CCC(F)(F)F)S(=O)[O-])c(F)c2)nc2cnc(N[C@H]3C[C@H](F)CN(C(=O)OCc4ccccc4)C3)nc21. The molecule has 50 heavy (non-hydrogen) atoms. The first-order chi connectivity index (χ1) is 23.6. The number of fused-ring (bicyclic) bond motifs is 1. The van der Waals surface area contributed by atoms with Crippen molar-refractivity contribution < 1.29 is 44.6 Å². The van der Waals surface area contributed by atoms with Crippen LogP contribution in [0.2, 0.25) is 0 Å². The summed E-state index contributed by atoms with van der Waals surface area (Å²) in [5.74, 6) is -3.11. The predicted octanol–water partition coefficient (Wildman–Crippen LogP) is 5.43. The lowest BCUT2D eigenvalue weighted by atomic mass is 10.0. The van der Waals surface area contributed by atoms with Crippen molar-refractivity contribution in [2.45, 2.75) is 57.7 Å². The van der Waals surface area contributed by atoms with E-state index in [0.717, 1.165) is 5.56 Å². The number of amides is 1. The van der Waals surface area contributed by atoms with Crippen LogP contribution in [0.25, 0.3) is 22.4 Å². The number of benzene rings is 2. The molecule has 0 saturated carbocycles. The van der Waals surface area contributed by atoms with Crippen molar-refractivity contribution in [1.29, 1.82) is 0 Å². The van der Waals surface area contributed by atoms with Crippen LogP contribution in [0.15, 0.2) is 53.5 Å². The molecular weight excluding hydrogens is 696 g/mol. The van der Waals surface area contributed by atoms with E-state index in [4.69, 9.17) is 4.74 Å². The number of nitrogens with zero attached hydrogens (tertiary/aromatic N) is 6. The Balaban J connectivity index is 1.41. The van der Waals surface area contributed by atoms with Crippen molar-refractivity contribution in [3.8, 4) is 11.3 Å². The summed E-state index contributed by atoms with van der Waals surface area (Å²) in [4.78, 5) is 40.4. The van der Waals surface area contributed by atoms with E-state index in [1.807, 2.05) is 6.07 Å². The van der Waals surface area contributed by atoms with Gasteiger partial charge in [-0.25, -0.2) is 27.9 Å². The molecule has 1 N–H and O–H groups in total. The van der Waals surface area contributed by atoms with Crippen LogP contribution >= 0.6 is 0 Å². The summed E-state index contributed by atoms with van der Waals surface area (Å²) in [5.41, 5.74) is -2.21. The smallest absolute Gasteiger partial charge is 0.410 e. The number of nitrogens with one attached hydrogen (secondary N) is 1. The molecule has 19 heteroatoms. The van der Waals surface area contributed by atoms with Crippen LogP contribution in [-0.2, 0) is 22.6 Å². The van der Waals surface area contributed by atoms with Gasteiger partial charge in [0.1, 0.15) is 29.7 Å². The third-order valence-corrected chi connectivity index (χ3v) is 8.39. The van der Waals surface area contributed by atoms with Crippen LogP contribution in [-0.4, -0.2) is 77.3 Å². The number of aromatic nitrogens is 4. The molecule has 0 radical (unpaired) electrons. The van der Waals surface area contributed by atoms with Crippen molar-refractivity contribution in [3.05, 3.63) is 76.2 Å². The zero-order valence-electron chi connectivity index (χ0n) is 26.5. The van der Waals surface area contributed by atoms with E-state index in [0.29, 0.717) is 12.1 Å². The number of ether oxygens (including phenoxy) is 1. The number of hydrogen-bond acceptors (Lipinski definition) is 9. The van der Waals surface area contributed by atoms with E-state index >= 15 is 8.78 Å². The minimum Gasteiger partial charge on any atom is -0.755 e. The summed E-state index contributed by atoms with van der Waals surface area (Å²) in [6, 6.07) is 8.92. The Morgan fingerprint density at radius 1 is 1.14 bits per heavy atom. The Labute approximate surface area is 283 Å². The van der Waals surface area contributed by atoms with Gasteiger partial charge in [0, 0.05) is 48.4 Å². The number of likely N-dealkylation sites (tertiary alicyclic amines) is 1. The highest BCUT2D eigenvalue weighted by molar-refractivity contribution is 7.80. The summed E-state index contributed by atoms with van der Waals surface area (Å²) < 4.78 is 113. The fraction of sp³-hybridized carbons (Fsp3) is 0.387. The van der Waals surface area contributed by atoms with E-state index in [1.165, 1.54) is 15.7 Å². The van der Waals surface area contributed by atoms with Gasteiger partial charge in [-0.3, -0.25) is 17.9 Å². The molecule has 2 aromatic carbocycles. The number of piperidine rings is 1. The highest BCUT2D eigenvalue weighted by atomic mass is 32.2. The number of alkyl halides is 4. The molecule has 1 amide bonds. The lowest BCUT2D eigenvalue weighted by Gasteiger charge is -2.34. The molecule has 1 fully saturated rings. The van der Waals surface area contributed by atoms with Gasteiger partial charge in [-0.05, 0) is 31.5 Å². The van der Waals surface area contributed by atoms with Crippen molar-refractivity contribution in [1.82, 2.24) is 24.4 Å². The molecule has 5 rings (SSSR count). The molecule has 2 aromatic heterocycles. The van der Waals surface area contributed by atoms with Gasteiger partial charge in [-0.15, -0.1) is 0 Å². The first kappa shape index (κ1) is 36.5. The van der Waals surface area contributed by atoms with Crippen LogP contribution < -0.4 is 15.2 Å². The molecule has 1 unspecified atom stereocenters. The van der Waals surface area contributed by atoms with Crippen LogP contribution in [0, 0.1) is 11.6 Å². The molecular formula is C31H30F6N7O5S-. The average molecular weight is 727 g/mol. The molecule has 12 nitrogen and oxygen atoms in total. The van der Waals surface area contributed by atoms with Gasteiger partial charge in [-0.2, -0.15) is 18.2 Å². The van der Waals surface area contributed by atoms with Crippen LogP contribution in [0.5, 0.6) is 0 Å². The lowest BCUT2D eigenvalue weighted by Crippen LogP contribution is -2.50. The Bertz CT molecular complexity index is 1930. The van der Waals surface area contributed by atoms with E-state index < -0.39 is 88.9 Å². The largest absolute Gasteiger partial charge is 0.755 e. The zero-order valence-corrected chi connectivity index (χ0v) is 27.3. The van der Waals surface area contributed by atoms with Crippen molar-refractivity contribution >= 4 is 40.2 Å². The Hall–Kier alpha value is -4.78. The molecule has 1 aliphatic heterocycles. The van der Waals surface area contributed by atoms with Gasteiger partial charge >= 0.3 is 12.3 Å². The quantitative estimate of drug-likeness (QED) is 0.167. The highest BCUT2D eigenvalue weighted by Gasteiger charge is 2.32. The number of hydrogen-bond donors (Lipinski definition) is 1. The molecule has 268 valence electrons. The first-order valence-electron chi connectivity index (χ1n) is 15.2. The molecule has 0 aliphatic carbocycles. The van der Waals surface area contributed by atoms with Crippen molar-refractivity contribution in [3.63, 3.8) is 0 Å². The van der Waals surface area contributed by atoms with Crippen molar-refractivity contribution in [2.24, 2.45) is 0 Å². The maximum Gasteiger partial charge on any atom is 0.410 e. The van der Waals surface area contributed by atoms with Gasteiger partial charge < -0.3 is 19.5 Å². The maximum absolute atomic E-state index is 15.2. The van der Waals surface area contributed by atoms with E-state index in [-0.39, 0.29) is 47.5 Å². The molecule has 3 atom stereocenters. The second-order valence-corrected chi connectivity index (χ2v) is 12.6. The van der Waals surface area contributed by atoms with Gasteiger partial charge in [-0.1, -0.05) is 30.3 Å². The summed E-state index contributed by atoms with van der Waals surface area (Å²) >= 11 is -3.46. The topological polar surface area (TPSA) is 146 Å². The van der Waals surface area contributed by atoms with Gasteiger partial charge in [0.25, 0.3) is 5.56 Å².